The molecule has 3 rings (SSSR count). The summed E-state index contributed by atoms with van der Waals surface area (Å²) in [5, 5.41) is 2.85. The number of amides is 2. The zero-order valence-electron chi connectivity index (χ0n) is 21.4. The number of fused-ring (bicyclic) bond motifs is 2. The third-order valence-corrected chi connectivity index (χ3v) is 6.75. The Labute approximate surface area is 224 Å². The number of nitrogens with two attached hydrogens (primary N) is 2. The Kier molecular flexibility index (Phi) is 10.6. The van der Waals surface area contributed by atoms with Crippen molar-refractivity contribution >= 4 is 50.7 Å². The summed E-state index contributed by atoms with van der Waals surface area (Å²) in [6.45, 7) is 1.01. The fraction of sp³-hybridized carbons (Fsp3) is 0.346. The molecule has 1 aliphatic heterocycles. The van der Waals surface area contributed by atoms with Gasteiger partial charge in [0, 0.05) is 30.5 Å². The molecule has 0 fully saturated rings. The van der Waals surface area contributed by atoms with Gasteiger partial charge in [0.15, 0.2) is 0 Å². The highest BCUT2D eigenvalue weighted by atomic mass is 31.2. The Morgan fingerprint density at radius 1 is 1.05 bits per heavy atom. The average Bonchev–Trinajstić information content (AvgIpc) is 2.86. The monoisotopic (exact) mass is 539 g/mol. The first kappa shape index (κ1) is 29.5. The largest absolute Gasteiger partial charge is 0.396 e. The van der Waals surface area contributed by atoms with Gasteiger partial charge in [-0.2, -0.15) is 0 Å². The lowest BCUT2D eigenvalue weighted by molar-refractivity contribution is -0.125. The molecule has 0 atom stereocenters. The zero-order chi connectivity index (χ0) is 27.7. The minimum atomic E-state index is -3.42. The first-order valence-electron chi connectivity index (χ1n) is 12.5. The second-order valence-corrected chi connectivity index (χ2v) is 10.7. The summed E-state index contributed by atoms with van der Waals surface area (Å²) in [4.78, 5) is 46.6. The summed E-state index contributed by atoms with van der Waals surface area (Å²) in [6, 6.07) is 14.7. The van der Waals surface area contributed by atoms with Crippen LogP contribution >= 0.6 is 7.57 Å². The van der Waals surface area contributed by atoms with Crippen molar-refractivity contribution in [2.24, 2.45) is 11.6 Å². The number of nitrogens with zero attached hydrogens (tertiary/aromatic N) is 2. The average molecular weight is 539 g/mol. The van der Waals surface area contributed by atoms with E-state index in [1.165, 1.54) is 0 Å². The van der Waals surface area contributed by atoms with Crippen LogP contribution in [-0.4, -0.2) is 54.0 Å². The molecule has 0 aromatic heterocycles. The van der Waals surface area contributed by atoms with E-state index in [9.17, 15) is 9.59 Å². The normalized spacial score (nSPS) is 15.2. The van der Waals surface area contributed by atoms with Crippen LogP contribution in [0.15, 0.2) is 48.5 Å². The Hall–Kier alpha value is -3.08. The van der Waals surface area contributed by atoms with Crippen LogP contribution in [0.3, 0.4) is 0 Å². The van der Waals surface area contributed by atoms with Crippen LogP contribution in [0.25, 0.3) is 11.4 Å². The number of carbonyl (C=O) groups is 2. The lowest BCUT2D eigenvalue weighted by Crippen LogP contribution is -2.36. The van der Waals surface area contributed by atoms with Crippen LogP contribution in [0.5, 0.6) is 0 Å². The maximum atomic E-state index is 13.4. The Morgan fingerprint density at radius 2 is 1.71 bits per heavy atom. The molecule has 1 heterocycles. The third-order valence-electron chi connectivity index (χ3n) is 6.16. The molecular weight excluding hydrogens is 504 g/mol. The van der Waals surface area contributed by atoms with Crippen molar-refractivity contribution in [3.63, 3.8) is 0 Å². The van der Waals surface area contributed by atoms with E-state index in [0.29, 0.717) is 35.6 Å². The van der Waals surface area contributed by atoms with Gasteiger partial charge >= 0.3 is 0 Å². The number of anilines is 1. The number of para-hydroxylation sites is 1. The topological polar surface area (TPSA) is 154 Å². The molecule has 0 unspecified atom stereocenters. The first-order chi connectivity index (χ1) is 18.1. The van der Waals surface area contributed by atoms with E-state index < -0.39 is 7.57 Å². The first-order valence-corrected chi connectivity index (χ1v) is 14.3. The summed E-state index contributed by atoms with van der Waals surface area (Å²) in [7, 11) is 2.52. The molecule has 0 bridgehead atoms. The van der Waals surface area contributed by atoms with Gasteiger partial charge in [0.05, 0.1) is 30.2 Å². The SMILES string of the molecule is [B]N(N)/C1=C(\N)c2ccccc2N(C(=O)CCC(=O)NCCCCCCOP(=C)(O)O)Cc2ccccc21. The van der Waals surface area contributed by atoms with Crippen LogP contribution in [0, 0.1) is 0 Å². The number of hydrazine groups is 1. The third kappa shape index (κ3) is 8.21. The molecule has 0 saturated carbocycles. The molecule has 2 radical (unpaired) electrons. The van der Waals surface area contributed by atoms with E-state index in [2.05, 4.69) is 11.6 Å². The van der Waals surface area contributed by atoms with Gasteiger partial charge in [-0.05, 0) is 30.8 Å². The Balaban J connectivity index is 1.60. The summed E-state index contributed by atoms with van der Waals surface area (Å²) >= 11 is 0. The lowest BCUT2D eigenvalue weighted by Gasteiger charge is -2.32. The van der Waals surface area contributed by atoms with Crippen molar-refractivity contribution in [2.75, 3.05) is 18.1 Å². The molecule has 38 heavy (non-hydrogen) atoms. The van der Waals surface area contributed by atoms with Crippen molar-refractivity contribution < 1.29 is 23.9 Å². The van der Waals surface area contributed by atoms with Gasteiger partial charge in [-0.15, -0.1) is 0 Å². The van der Waals surface area contributed by atoms with Gasteiger partial charge in [0.1, 0.15) is 0 Å². The maximum absolute atomic E-state index is 13.4. The minimum absolute atomic E-state index is 0.0360. The molecular formula is C26H35BN5O5P. The quantitative estimate of drug-likeness (QED) is 0.0905. The molecule has 0 aliphatic carbocycles. The lowest BCUT2D eigenvalue weighted by atomic mass is 9.94. The zero-order valence-corrected chi connectivity index (χ0v) is 22.3. The summed E-state index contributed by atoms with van der Waals surface area (Å²) in [6.07, 6.45) is 6.37. The van der Waals surface area contributed by atoms with Crippen LogP contribution in [-0.2, 0) is 20.7 Å². The van der Waals surface area contributed by atoms with Gasteiger partial charge in [-0.3, -0.25) is 15.4 Å². The van der Waals surface area contributed by atoms with Gasteiger partial charge in [-0.25, -0.2) is 0 Å². The summed E-state index contributed by atoms with van der Waals surface area (Å²) < 4.78 is 4.84. The predicted octanol–water partition coefficient (Wildman–Crippen LogP) is 2.23. The summed E-state index contributed by atoms with van der Waals surface area (Å²) in [5.41, 5.74) is 10.1. The predicted molar refractivity (Wildman–Crippen MR) is 152 cm³/mol. The highest BCUT2D eigenvalue weighted by molar-refractivity contribution is 7.57. The molecule has 202 valence electrons. The molecule has 2 aromatic carbocycles. The standard InChI is InChI=1S/C26H35BN5O5P/c1-38(35,36)37-17-9-3-2-8-16-30-23(33)14-15-24(34)31-18-19-10-4-5-11-20(19)26(32(27)29)25(28)21-12-6-7-13-22(21)31/h4-7,10-13,35-36H,1-3,8-9,14-18,28-29H2,(H,30,33)/b26-25-. The molecule has 0 saturated heterocycles. The van der Waals surface area contributed by atoms with E-state index in [-0.39, 0.29) is 37.8 Å². The highest BCUT2D eigenvalue weighted by Gasteiger charge is 2.27. The van der Waals surface area contributed by atoms with Crippen LogP contribution < -0.4 is 21.8 Å². The van der Waals surface area contributed by atoms with E-state index in [0.717, 1.165) is 35.3 Å². The molecule has 2 amide bonds. The summed E-state index contributed by atoms with van der Waals surface area (Å²) in [5.74, 6) is 5.55. The van der Waals surface area contributed by atoms with Gasteiger partial charge in [0.25, 0.3) is 7.98 Å². The Bertz CT molecular complexity index is 1220. The number of carbonyl (C=O) groups excluding carboxylic acids is 2. The smallest absolute Gasteiger partial charge is 0.253 e. The molecule has 0 spiro atoms. The number of hydrogen-bond acceptors (Lipinski definition) is 8. The van der Waals surface area contributed by atoms with Gasteiger partial charge in [0.2, 0.25) is 19.4 Å². The Morgan fingerprint density at radius 3 is 2.42 bits per heavy atom. The second kappa shape index (κ2) is 13.6. The fourth-order valence-electron chi connectivity index (χ4n) is 4.32. The van der Waals surface area contributed by atoms with Crippen LogP contribution in [0.1, 0.15) is 55.2 Å². The maximum Gasteiger partial charge on any atom is 0.253 e. The van der Waals surface area contributed by atoms with E-state index in [4.69, 9.17) is 33.9 Å². The molecule has 7 N–H and O–H groups in total. The van der Waals surface area contributed by atoms with Crippen molar-refractivity contribution in [2.45, 2.75) is 45.1 Å². The molecule has 2 aromatic rings. The molecule has 10 nitrogen and oxygen atoms in total. The van der Waals surface area contributed by atoms with Crippen molar-refractivity contribution in [1.82, 2.24) is 10.2 Å². The van der Waals surface area contributed by atoms with E-state index >= 15 is 0 Å². The fourth-order valence-corrected chi connectivity index (χ4v) is 4.74. The molecule has 1 aliphatic rings. The number of hydrogen-bond donors (Lipinski definition) is 5. The van der Waals surface area contributed by atoms with Gasteiger partial charge < -0.3 is 35.2 Å². The number of unbranched alkanes of at least 4 members (excludes halogenated alkanes) is 3. The van der Waals surface area contributed by atoms with E-state index in [1.54, 1.807) is 4.90 Å². The van der Waals surface area contributed by atoms with Crippen LogP contribution in [0.4, 0.5) is 5.69 Å². The highest BCUT2D eigenvalue weighted by Crippen LogP contribution is 2.36. The minimum Gasteiger partial charge on any atom is -0.396 e. The number of benzene rings is 2. The van der Waals surface area contributed by atoms with E-state index in [1.807, 2.05) is 48.5 Å². The number of nitrogens with one attached hydrogen (secondary N) is 1. The van der Waals surface area contributed by atoms with Crippen molar-refractivity contribution in [3.05, 3.63) is 65.2 Å². The van der Waals surface area contributed by atoms with Crippen molar-refractivity contribution in [1.29, 1.82) is 0 Å². The molecule has 12 heteroatoms. The van der Waals surface area contributed by atoms with Crippen LogP contribution in [0.2, 0.25) is 0 Å². The number of rotatable bonds is 12. The van der Waals surface area contributed by atoms with Gasteiger partial charge in [-0.1, -0.05) is 55.3 Å². The second-order valence-electron chi connectivity index (χ2n) is 9.09. The van der Waals surface area contributed by atoms with Crippen molar-refractivity contribution in [3.8, 4) is 0 Å².